The zero-order valence-corrected chi connectivity index (χ0v) is 21.6. The monoisotopic (exact) mass is 560 g/mol. The molecule has 0 unspecified atom stereocenters. The van der Waals surface area contributed by atoms with E-state index in [-0.39, 0.29) is 0 Å². The third-order valence-corrected chi connectivity index (χ3v) is 6.31. The number of aromatic amines is 1. The Hall–Kier alpha value is -3.01. The molecule has 34 heavy (non-hydrogen) atoms. The minimum absolute atomic E-state index is 0.368. The van der Waals surface area contributed by atoms with Crippen LogP contribution in [0.1, 0.15) is 11.1 Å². The molecule has 0 saturated heterocycles. The number of aromatic nitrogens is 3. The van der Waals surface area contributed by atoms with Gasteiger partial charge in [0.1, 0.15) is 12.4 Å². The molecule has 3 aromatic carbocycles. The molecule has 10 heteroatoms. The van der Waals surface area contributed by atoms with Gasteiger partial charge in [-0.1, -0.05) is 51.8 Å². The lowest BCUT2D eigenvalue weighted by Crippen LogP contribution is -2.16. The summed E-state index contributed by atoms with van der Waals surface area (Å²) in [5.41, 5.74) is 6.05. The summed E-state index contributed by atoms with van der Waals surface area (Å²) >= 11 is 15.1. The van der Waals surface area contributed by atoms with E-state index in [0.717, 1.165) is 21.2 Å². The van der Waals surface area contributed by atoms with Gasteiger partial charge in [0.2, 0.25) is 4.77 Å². The van der Waals surface area contributed by atoms with Crippen LogP contribution in [0, 0.1) is 4.77 Å². The van der Waals surface area contributed by atoms with Crippen LogP contribution in [0.5, 0.6) is 17.2 Å². The van der Waals surface area contributed by atoms with Crippen molar-refractivity contribution in [3.8, 4) is 28.6 Å². The van der Waals surface area contributed by atoms with Crippen molar-refractivity contribution in [3.63, 3.8) is 0 Å². The van der Waals surface area contributed by atoms with Gasteiger partial charge in [-0.25, -0.2) is 9.77 Å². The maximum Gasteiger partial charge on any atom is 0.214 e. The summed E-state index contributed by atoms with van der Waals surface area (Å²) in [5, 5.41) is 7.88. The molecule has 0 aliphatic carbocycles. The molecule has 0 radical (unpaired) electrons. The first-order chi connectivity index (χ1) is 16.5. The van der Waals surface area contributed by atoms with Crippen LogP contribution in [0.4, 0.5) is 0 Å². The Morgan fingerprint density at radius 1 is 1.03 bits per heavy atom. The number of H-pyrrole nitrogens is 1. The summed E-state index contributed by atoms with van der Waals surface area (Å²) in [6.45, 7) is 0.814. The first-order valence-electron chi connectivity index (χ1n) is 10.3. The molecule has 1 aromatic heterocycles. The second-order valence-electron chi connectivity index (χ2n) is 7.24. The maximum atomic E-state index is 6.07. The number of rotatable bonds is 9. The number of nitrogens with zero attached hydrogens (tertiary/aromatic N) is 2. The van der Waals surface area contributed by atoms with Gasteiger partial charge in [-0.05, 0) is 59.7 Å². The Labute approximate surface area is 215 Å². The average molecular weight is 562 g/mol. The molecule has 2 N–H and O–H groups in total. The summed E-state index contributed by atoms with van der Waals surface area (Å²) in [7, 11) is 3.23. The largest absolute Gasteiger partial charge is 0.496 e. The fourth-order valence-corrected chi connectivity index (χ4v) is 4.26. The van der Waals surface area contributed by atoms with Gasteiger partial charge in [-0.15, -0.1) is 0 Å². The Morgan fingerprint density at radius 2 is 1.82 bits per heavy atom. The van der Waals surface area contributed by atoms with E-state index in [1.807, 2.05) is 60.7 Å². The van der Waals surface area contributed by atoms with E-state index in [9.17, 15) is 0 Å². The van der Waals surface area contributed by atoms with Crippen molar-refractivity contribution in [1.29, 1.82) is 0 Å². The van der Waals surface area contributed by atoms with E-state index in [1.54, 1.807) is 18.9 Å². The smallest absolute Gasteiger partial charge is 0.214 e. The van der Waals surface area contributed by atoms with Crippen molar-refractivity contribution in [1.82, 2.24) is 14.9 Å². The highest BCUT2D eigenvalue weighted by molar-refractivity contribution is 9.10. The topological polar surface area (TPSA) is 73.3 Å². The SMILES string of the molecule is COc1cc(CNn2c(-c3ccccc3OC)n[nH]c2=S)c(Br)cc1OCc1cccc(Cl)c1. The van der Waals surface area contributed by atoms with Gasteiger partial charge in [-0.3, -0.25) is 0 Å². The van der Waals surface area contributed by atoms with Crippen LogP contribution in [-0.2, 0) is 13.2 Å². The molecular formula is C24H22BrClN4O3S. The van der Waals surface area contributed by atoms with Crippen LogP contribution in [0.2, 0.25) is 5.02 Å². The van der Waals surface area contributed by atoms with E-state index in [0.29, 0.717) is 46.0 Å². The number of methoxy groups -OCH3 is 2. The third kappa shape index (κ3) is 5.38. The molecule has 0 aliphatic rings. The van der Waals surface area contributed by atoms with Crippen LogP contribution in [-0.4, -0.2) is 29.1 Å². The Morgan fingerprint density at radius 3 is 2.59 bits per heavy atom. The van der Waals surface area contributed by atoms with Crippen molar-refractivity contribution in [2.45, 2.75) is 13.2 Å². The molecule has 0 bridgehead atoms. The summed E-state index contributed by atoms with van der Waals surface area (Å²) in [4.78, 5) is 0. The number of hydrogen-bond acceptors (Lipinski definition) is 6. The lowest BCUT2D eigenvalue weighted by molar-refractivity contribution is 0.284. The van der Waals surface area contributed by atoms with E-state index >= 15 is 0 Å². The number of para-hydroxylation sites is 1. The first-order valence-corrected chi connectivity index (χ1v) is 11.9. The molecule has 0 spiro atoms. The van der Waals surface area contributed by atoms with Gasteiger partial charge in [-0.2, -0.15) is 5.10 Å². The molecule has 4 aromatic rings. The minimum atomic E-state index is 0.368. The molecule has 0 atom stereocenters. The maximum absolute atomic E-state index is 6.07. The van der Waals surface area contributed by atoms with Crippen molar-refractivity contribution < 1.29 is 14.2 Å². The molecule has 0 saturated carbocycles. The van der Waals surface area contributed by atoms with Crippen LogP contribution in [0.3, 0.4) is 0 Å². The quantitative estimate of drug-likeness (QED) is 0.232. The van der Waals surface area contributed by atoms with Crippen molar-refractivity contribution in [3.05, 3.63) is 86.1 Å². The molecule has 4 rings (SSSR count). The highest BCUT2D eigenvalue weighted by Crippen LogP contribution is 2.34. The zero-order valence-electron chi connectivity index (χ0n) is 18.5. The molecule has 0 fully saturated rings. The van der Waals surface area contributed by atoms with Gasteiger partial charge in [0.05, 0.1) is 26.3 Å². The van der Waals surface area contributed by atoms with E-state index in [1.165, 1.54) is 0 Å². The fraction of sp³-hybridized carbons (Fsp3) is 0.167. The van der Waals surface area contributed by atoms with Crippen LogP contribution >= 0.6 is 39.7 Å². The summed E-state index contributed by atoms with van der Waals surface area (Å²) in [5.74, 6) is 2.55. The summed E-state index contributed by atoms with van der Waals surface area (Å²) < 4.78 is 20.1. The van der Waals surface area contributed by atoms with Gasteiger partial charge in [0.15, 0.2) is 17.3 Å². The highest BCUT2D eigenvalue weighted by Gasteiger charge is 2.15. The van der Waals surface area contributed by atoms with E-state index in [4.69, 9.17) is 38.0 Å². The second kappa shape index (κ2) is 10.9. The van der Waals surface area contributed by atoms with E-state index in [2.05, 4.69) is 31.6 Å². The molecular weight excluding hydrogens is 540 g/mol. The normalized spacial score (nSPS) is 10.7. The number of nitrogens with one attached hydrogen (secondary N) is 2. The van der Waals surface area contributed by atoms with Crippen LogP contribution in [0.25, 0.3) is 11.4 Å². The van der Waals surface area contributed by atoms with Crippen molar-refractivity contribution >= 4 is 39.7 Å². The summed E-state index contributed by atoms with van der Waals surface area (Å²) in [6, 6.07) is 19.0. The predicted molar refractivity (Wildman–Crippen MR) is 139 cm³/mol. The lowest BCUT2D eigenvalue weighted by Gasteiger charge is -2.16. The van der Waals surface area contributed by atoms with Gasteiger partial charge >= 0.3 is 0 Å². The second-order valence-corrected chi connectivity index (χ2v) is 8.91. The number of benzene rings is 3. The van der Waals surface area contributed by atoms with Crippen molar-refractivity contribution in [2.24, 2.45) is 0 Å². The van der Waals surface area contributed by atoms with Crippen molar-refractivity contribution in [2.75, 3.05) is 19.6 Å². The number of halogens is 2. The van der Waals surface area contributed by atoms with Gasteiger partial charge in [0.25, 0.3) is 0 Å². The van der Waals surface area contributed by atoms with Crippen LogP contribution < -0.4 is 19.6 Å². The lowest BCUT2D eigenvalue weighted by atomic mass is 10.2. The van der Waals surface area contributed by atoms with Crippen LogP contribution in [0.15, 0.2) is 65.1 Å². The zero-order chi connectivity index (χ0) is 24.1. The minimum Gasteiger partial charge on any atom is -0.496 e. The number of ether oxygens (including phenoxy) is 3. The Balaban J connectivity index is 1.54. The highest BCUT2D eigenvalue weighted by atomic mass is 79.9. The molecule has 0 amide bonds. The molecule has 1 heterocycles. The van der Waals surface area contributed by atoms with E-state index < -0.39 is 0 Å². The fourth-order valence-electron chi connectivity index (χ4n) is 3.39. The predicted octanol–water partition coefficient (Wildman–Crippen LogP) is 6.36. The summed E-state index contributed by atoms with van der Waals surface area (Å²) in [6.07, 6.45) is 0. The first kappa shape index (κ1) is 24.1. The Kier molecular flexibility index (Phi) is 7.77. The Bertz CT molecular complexity index is 1360. The van der Waals surface area contributed by atoms with Gasteiger partial charge in [0, 0.05) is 9.50 Å². The molecule has 0 aliphatic heterocycles. The molecule has 176 valence electrons. The standard InChI is InChI=1S/C24H22BrClN4O3S/c1-31-20-9-4-3-8-18(20)23-28-29-24(34)30(23)27-13-16-11-21(32-2)22(12-19(16)25)33-14-15-6-5-7-17(26)10-15/h3-12,27H,13-14H2,1-2H3,(H,29,34). The molecule has 7 nitrogen and oxygen atoms in total. The average Bonchev–Trinajstić information content (AvgIpc) is 3.22. The van der Waals surface area contributed by atoms with Gasteiger partial charge < -0.3 is 19.6 Å². The number of hydrogen-bond donors (Lipinski definition) is 2. The third-order valence-electron chi connectivity index (χ3n) is 5.06.